The summed E-state index contributed by atoms with van der Waals surface area (Å²) in [5, 5.41) is 17.0. The van der Waals surface area contributed by atoms with Crippen LogP contribution in [0.3, 0.4) is 0 Å². The Morgan fingerprint density at radius 3 is 1.62 bits per heavy atom. The van der Waals surface area contributed by atoms with E-state index in [-0.39, 0.29) is 60.4 Å². The van der Waals surface area contributed by atoms with Crippen molar-refractivity contribution in [3.8, 4) is 0 Å². The van der Waals surface area contributed by atoms with Crippen LogP contribution in [0.15, 0.2) is 0 Å². The van der Waals surface area contributed by atoms with Gasteiger partial charge in [0.05, 0.1) is 13.2 Å². The summed E-state index contributed by atoms with van der Waals surface area (Å²) in [6.45, 7) is 0.833. The van der Waals surface area contributed by atoms with E-state index in [0.717, 1.165) is 0 Å². The van der Waals surface area contributed by atoms with Crippen molar-refractivity contribution >= 4 is 29.2 Å². The van der Waals surface area contributed by atoms with Crippen LogP contribution in [0.2, 0.25) is 0 Å². The fraction of sp³-hybridized carbons (Fsp3) is 0.800. The molecule has 0 bridgehead atoms. The number of rotatable bonds is 4. The summed E-state index contributed by atoms with van der Waals surface area (Å²) >= 11 is 9.33. The van der Waals surface area contributed by atoms with E-state index in [1.54, 1.807) is 4.90 Å². The Morgan fingerprint density at radius 2 is 1.46 bits per heavy atom. The maximum atomic E-state index is 8.48. The molecule has 13 heavy (non-hydrogen) atoms. The maximum Gasteiger partial charge on any atom is 3.00 e. The Morgan fingerprint density at radius 1 is 1.15 bits per heavy atom. The Hall–Kier alpha value is 1.35. The smallest absolute Gasteiger partial charge is 1.00 e. The van der Waals surface area contributed by atoms with E-state index in [1.807, 2.05) is 0 Å². The van der Waals surface area contributed by atoms with Crippen LogP contribution in [0.1, 0.15) is 0 Å². The second-order valence-corrected chi connectivity index (χ2v) is 2.73. The van der Waals surface area contributed by atoms with Crippen molar-refractivity contribution in [1.29, 1.82) is 0 Å². The number of aliphatic hydroxyl groups excluding tert-OH is 2. The molecule has 84 valence electrons. The Balaban J connectivity index is -0.000000135. The van der Waals surface area contributed by atoms with Crippen molar-refractivity contribution in [3.05, 3.63) is 0 Å². The molecule has 0 fully saturated rings. The normalized spacial score (nSPS) is 7.23. The van der Waals surface area contributed by atoms with Crippen molar-refractivity contribution in [2.24, 2.45) is 0 Å². The fourth-order valence-electron chi connectivity index (χ4n) is 0.536. The molecule has 0 heterocycles. The van der Waals surface area contributed by atoms with Crippen molar-refractivity contribution < 1.29 is 57.4 Å². The average Bonchev–Trinajstić information content (AvgIpc) is 1.87. The molecule has 0 radical (unpaired) electrons. The van der Waals surface area contributed by atoms with Crippen LogP contribution in [0, 0.1) is 0 Å². The van der Waals surface area contributed by atoms with E-state index >= 15 is 0 Å². The van der Waals surface area contributed by atoms with Gasteiger partial charge in [0, 0.05) is 13.1 Å². The standard InChI is InChI=1S/C5H11NO2S2.Au.2ClH/c7-3-1-6(2-4-8)5(9)10;;;/h7-8H,1-4H2,(H,9,10);;2*1H/q;+3;;/p-3. The Bertz CT molecular complexity index is 117. The first-order valence-corrected chi connectivity index (χ1v) is 3.71. The van der Waals surface area contributed by atoms with Crippen molar-refractivity contribution in [3.63, 3.8) is 0 Å². The fourth-order valence-corrected chi connectivity index (χ4v) is 0.901. The summed E-state index contributed by atoms with van der Waals surface area (Å²) in [4.78, 5) is 1.57. The van der Waals surface area contributed by atoms with Gasteiger partial charge >= 0.3 is 22.4 Å². The molecule has 0 aliphatic rings. The largest absolute Gasteiger partial charge is 3.00 e. The first-order chi connectivity index (χ1) is 4.72. The molecular formula is C5H10AuCl2NO2S2. The number of halogens is 2. The van der Waals surface area contributed by atoms with Gasteiger partial charge < -0.3 is 64.8 Å². The quantitative estimate of drug-likeness (QED) is 0.255. The molecule has 0 amide bonds. The van der Waals surface area contributed by atoms with Crippen LogP contribution >= 0.6 is 12.2 Å². The minimum atomic E-state index is 0. The average molecular weight is 448 g/mol. The van der Waals surface area contributed by atoms with E-state index in [4.69, 9.17) is 10.2 Å². The SMILES string of the molecule is OCCN(CCO)C(=S)[S-].[Au+3].[Cl-].[Cl-]. The van der Waals surface area contributed by atoms with E-state index in [2.05, 4.69) is 24.8 Å². The van der Waals surface area contributed by atoms with Gasteiger partial charge in [0.1, 0.15) is 0 Å². The molecule has 0 saturated heterocycles. The molecule has 0 saturated carbocycles. The van der Waals surface area contributed by atoms with Gasteiger partial charge in [0.2, 0.25) is 0 Å². The maximum absolute atomic E-state index is 8.48. The number of hydrogen-bond acceptors (Lipinski definition) is 4. The topological polar surface area (TPSA) is 43.7 Å². The van der Waals surface area contributed by atoms with Crippen molar-refractivity contribution in [2.75, 3.05) is 26.3 Å². The van der Waals surface area contributed by atoms with Crippen LogP contribution in [0.5, 0.6) is 0 Å². The van der Waals surface area contributed by atoms with Crippen LogP contribution < -0.4 is 24.8 Å². The van der Waals surface area contributed by atoms with Gasteiger partial charge in [-0.15, -0.1) is 0 Å². The van der Waals surface area contributed by atoms with Gasteiger partial charge in [-0.2, -0.15) is 0 Å². The van der Waals surface area contributed by atoms with Gasteiger partial charge in [-0.05, 0) is 0 Å². The molecule has 0 aromatic heterocycles. The summed E-state index contributed by atoms with van der Waals surface area (Å²) in [5.41, 5.74) is 0. The van der Waals surface area contributed by atoms with Crippen molar-refractivity contribution in [2.45, 2.75) is 0 Å². The minimum absolute atomic E-state index is 0. The molecule has 0 aliphatic carbocycles. The summed E-state index contributed by atoms with van der Waals surface area (Å²) in [6.07, 6.45) is 0. The van der Waals surface area contributed by atoms with Gasteiger partial charge in [0.25, 0.3) is 0 Å². The summed E-state index contributed by atoms with van der Waals surface area (Å²) in [6, 6.07) is 0. The summed E-state index contributed by atoms with van der Waals surface area (Å²) < 4.78 is 0.295. The van der Waals surface area contributed by atoms with E-state index in [0.29, 0.717) is 17.4 Å². The molecule has 0 atom stereocenters. The first-order valence-electron chi connectivity index (χ1n) is 2.90. The Labute approximate surface area is 117 Å². The second kappa shape index (κ2) is 15.8. The molecular weight excluding hydrogens is 438 g/mol. The zero-order chi connectivity index (χ0) is 7.98. The number of hydrogen-bond donors (Lipinski definition) is 2. The molecule has 0 aromatic carbocycles. The van der Waals surface area contributed by atoms with Crippen molar-refractivity contribution in [1.82, 2.24) is 4.90 Å². The summed E-state index contributed by atoms with van der Waals surface area (Å²) in [5.74, 6) is 0. The van der Waals surface area contributed by atoms with Crippen LogP contribution in [0.4, 0.5) is 0 Å². The molecule has 2 N–H and O–H groups in total. The first kappa shape index (κ1) is 23.9. The van der Waals surface area contributed by atoms with E-state index < -0.39 is 0 Å². The van der Waals surface area contributed by atoms with Gasteiger partial charge in [-0.1, -0.05) is 4.32 Å². The van der Waals surface area contributed by atoms with Crippen LogP contribution in [0.25, 0.3) is 0 Å². The third kappa shape index (κ3) is 13.4. The summed E-state index contributed by atoms with van der Waals surface area (Å²) in [7, 11) is 0. The molecule has 0 unspecified atom stereocenters. The van der Waals surface area contributed by atoms with Gasteiger partial charge in [-0.3, -0.25) is 0 Å². The minimum Gasteiger partial charge on any atom is -1.00 e. The number of aliphatic hydroxyl groups is 2. The van der Waals surface area contributed by atoms with Gasteiger partial charge in [-0.25, -0.2) is 0 Å². The predicted octanol–water partition coefficient (Wildman–Crippen LogP) is -6.89. The molecule has 3 nitrogen and oxygen atoms in total. The molecule has 0 rings (SSSR count). The number of nitrogens with zero attached hydrogens (tertiary/aromatic N) is 1. The van der Waals surface area contributed by atoms with E-state index in [1.165, 1.54) is 0 Å². The molecule has 0 spiro atoms. The number of thiocarbonyl (C=S) groups is 1. The molecule has 0 aliphatic heterocycles. The monoisotopic (exact) mass is 447 g/mol. The Kier molecular flexibility index (Phi) is 29.0. The molecule has 8 heteroatoms. The zero-order valence-electron chi connectivity index (χ0n) is 6.54. The zero-order valence-corrected chi connectivity index (χ0v) is 11.9. The van der Waals surface area contributed by atoms with E-state index in [9.17, 15) is 0 Å². The van der Waals surface area contributed by atoms with Crippen LogP contribution in [-0.2, 0) is 35.0 Å². The third-order valence-corrected chi connectivity index (χ3v) is 1.51. The van der Waals surface area contributed by atoms with Gasteiger partial charge in [0.15, 0.2) is 0 Å². The second-order valence-electron chi connectivity index (χ2n) is 1.70. The third-order valence-electron chi connectivity index (χ3n) is 0.998. The predicted molar refractivity (Wildman–Crippen MR) is 45.7 cm³/mol. The van der Waals surface area contributed by atoms with Crippen LogP contribution in [-0.4, -0.2) is 45.7 Å². The molecule has 0 aromatic rings.